The van der Waals surface area contributed by atoms with Gasteiger partial charge in [-0.25, -0.2) is 0 Å². The molecule has 21 heavy (non-hydrogen) atoms. The van der Waals surface area contributed by atoms with Gasteiger partial charge in [-0.3, -0.25) is 4.90 Å². The molecule has 0 spiro atoms. The summed E-state index contributed by atoms with van der Waals surface area (Å²) in [5.74, 6) is 0.575. The first kappa shape index (κ1) is 17.7. The second-order valence-electron chi connectivity index (χ2n) is 4.92. The highest BCUT2D eigenvalue weighted by atomic mass is 32.1. The van der Waals surface area contributed by atoms with Crippen LogP contribution in [0, 0.1) is 0 Å². The largest absolute Gasteiger partial charge is 0.492 e. The number of hydrogen-bond donors (Lipinski definition) is 1. The van der Waals surface area contributed by atoms with Crippen LogP contribution in [-0.2, 0) is 0 Å². The number of alkyl halides is 3. The number of hydrogen-bond acceptors (Lipinski definition) is 3. The van der Waals surface area contributed by atoms with E-state index in [0.29, 0.717) is 5.75 Å². The van der Waals surface area contributed by atoms with Crippen molar-refractivity contribution >= 4 is 17.2 Å². The number of halogens is 3. The Morgan fingerprint density at radius 2 is 1.86 bits per heavy atom. The van der Waals surface area contributed by atoms with Gasteiger partial charge in [-0.2, -0.15) is 13.2 Å². The Bertz CT molecular complexity index is 460. The van der Waals surface area contributed by atoms with Crippen LogP contribution in [0.25, 0.3) is 0 Å². The summed E-state index contributed by atoms with van der Waals surface area (Å²) in [5, 5.41) is 0. The van der Waals surface area contributed by atoms with E-state index in [9.17, 15) is 13.2 Å². The zero-order valence-corrected chi connectivity index (χ0v) is 12.8. The Balaban J connectivity index is 2.48. The van der Waals surface area contributed by atoms with E-state index in [2.05, 4.69) is 0 Å². The van der Waals surface area contributed by atoms with Gasteiger partial charge in [-0.1, -0.05) is 12.2 Å². The summed E-state index contributed by atoms with van der Waals surface area (Å²) in [6.07, 6.45) is -4.21. The number of nitrogens with zero attached hydrogens (tertiary/aromatic N) is 1. The van der Waals surface area contributed by atoms with Crippen molar-refractivity contribution in [1.29, 1.82) is 0 Å². The molecule has 0 saturated heterocycles. The molecule has 0 bridgehead atoms. The fraction of sp³-hybridized carbons (Fsp3) is 0.500. The Labute approximate surface area is 127 Å². The highest BCUT2D eigenvalue weighted by molar-refractivity contribution is 7.80. The minimum absolute atomic E-state index is 0.181. The molecule has 0 aromatic heterocycles. The van der Waals surface area contributed by atoms with Crippen molar-refractivity contribution in [2.75, 3.05) is 19.7 Å². The van der Waals surface area contributed by atoms with Crippen LogP contribution in [0.15, 0.2) is 24.3 Å². The minimum Gasteiger partial charge on any atom is -0.492 e. The average molecular weight is 320 g/mol. The molecule has 118 valence electrons. The van der Waals surface area contributed by atoms with Crippen LogP contribution in [-0.4, -0.2) is 41.8 Å². The van der Waals surface area contributed by atoms with Crippen LogP contribution in [0.1, 0.15) is 19.4 Å². The van der Waals surface area contributed by atoms with Crippen LogP contribution in [0.2, 0.25) is 0 Å². The molecule has 0 atom stereocenters. The molecular weight excluding hydrogens is 301 g/mol. The maximum Gasteiger partial charge on any atom is 0.401 e. The Morgan fingerprint density at radius 3 is 2.29 bits per heavy atom. The minimum atomic E-state index is -4.21. The van der Waals surface area contributed by atoms with Crippen molar-refractivity contribution in [2.45, 2.75) is 26.1 Å². The van der Waals surface area contributed by atoms with Crippen molar-refractivity contribution in [3.63, 3.8) is 0 Å². The van der Waals surface area contributed by atoms with Gasteiger partial charge in [0.25, 0.3) is 0 Å². The van der Waals surface area contributed by atoms with Crippen molar-refractivity contribution in [2.24, 2.45) is 5.73 Å². The number of thiocarbonyl (C=S) groups is 1. The number of ether oxygens (including phenoxy) is 1. The molecule has 0 unspecified atom stereocenters. The first-order chi connectivity index (χ1) is 9.69. The van der Waals surface area contributed by atoms with E-state index >= 15 is 0 Å². The molecule has 0 radical (unpaired) electrons. The predicted molar refractivity (Wildman–Crippen MR) is 80.6 cm³/mol. The first-order valence-corrected chi connectivity index (χ1v) is 6.93. The standard InChI is InChI=1S/C14H19F3N2OS/c1-10(2)19(9-14(15,16)17)7-8-20-12-5-3-11(4-6-12)13(18)21/h3-6,10H,7-9H2,1-2H3,(H2,18,21). The lowest BCUT2D eigenvalue weighted by atomic mass is 10.2. The maximum atomic E-state index is 12.4. The SMILES string of the molecule is CC(C)N(CCOc1ccc(C(N)=S)cc1)CC(F)(F)F. The molecular formula is C14H19F3N2OS. The third kappa shape index (κ3) is 6.77. The fourth-order valence-electron chi connectivity index (χ4n) is 1.75. The van der Waals surface area contributed by atoms with Gasteiger partial charge >= 0.3 is 6.18 Å². The van der Waals surface area contributed by atoms with Gasteiger partial charge in [-0.05, 0) is 38.1 Å². The number of nitrogens with two attached hydrogens (primary N) is 1. The van der Waals surface area contributed by atoms with Crippen LogP contribution >= 0.6 is 12.2 Å². The summed E-state index contributed by atoms with van der Waals surface area (Å²) in [6.45, 7) is 2.90. The first-order valence-electron chi connectivity index (χ1n) is 6.52. The number of benzene rings is 1. The zero-order chi connectivity index (χ0) is 16.0. The normalized spacial score (nSPS) is 12.0. The predicted octanol–water partition coefficient (Wildman–Crippen LogP) is 2.97. The summed E-state index contributed by atoms with van der Waals surface area (Å²) in [7, 11) is 0. The van der Waals surface area contributed by atoms with Gasteiger partial charge in [0.15, 0.2) is 0 Å². The average Bonchev–Trinajstić information content (AvgIpc) is 2.36. The van der Waals surface area contributed by atoms with Crippen molar-refractivity contribution in [3.8, 4) is 5.75 Å². The molecule has 0 aliphatic rings. The topological polar surface area (TPSA) is 38.5 Å². The Kier molecular flexibility index (Phi) is 6.42. The summed E-state index contributed by atoms with van der Waals surface area (Å²) < 4.78 is 42.7. The van der Waals surface area contributed by atoms with Gasteiger partial charge in [0.05, 0.1) is 6.54 Å². The number of rotatable bonds is 7. The van der Waals surface area contributed by atoms with E-state index in [1.807, 2.05) is 0 Å². The highest BCUT2D eigenvalue weighted by Gasteiger charge is 2.31. The summed E-state index contributed by atoms with van der Waals surface area (Å²) in [4.78, 5) is 1.61. The molecule has 7 heteroatoms. The second-order valence-corrected chi connectivity index (χ2v) is 5.36. The highest BCUT2D eigenvalue weighted by Crippen LogP contribution is 2.18. The van der Waals surface area contributed by atoms with Crippen molar-refractivity contribution < 1.29 is 17.9 Å². The second kappa shape index (κ2) is 7.61. The molecule has 0 fully saturated rings. The smallest absolute Gasteiger partial charge is 0.401 e. The summed E-state index contributed by atoms with van der Waals surface area (Å²) >= 11 is 4.83. The van der Waals surface area contributed by atoms with Gasteiger partial charge < -0.3 is 10.5 Å². The van der Waals surface area contributed by atoms with Gasteiger partial charge in [0, 0.05) is 18.2 Å². The molecule has 1 aromatic rings. The molecule has 0 aliphatic carbocycles. The van der Waals surface area contributed by atoms with Gasteiger partial charge in [0.1, 0.15) is 17.3 Å². The van der Waals surface area contributed by atoms with Gasteiger partial charge in [0.2, 0.25) is 0 Å². The fourth-order valence-corrected chi connectivity index (χ4v) is 1.88. The van der Waals surface area contributed by atoms with E-state index in [1.54, 1.807) is 38.1 Å². The molecule has 0 saturated carbocycles. The maximum absolute atomic E-state index is 12.4. The van der Waals surface area contributed by atoms with E-state index in [1.165, 1.54) is 4.90 Å². The van der Waals surface area contributed by atoms with E-state index in [4.69, 9.17) is 22.7 Å². The van der Waals surface area contributed by atoms with Gasteiger partial charge in [-0.15, -0.1) is 0 Å². The molecule has 1 rings (SSSR count). The van der Waals surface area contributed by atoms with Crippen LogP contribution in [0.3, 0.4) is 0 Å². The van der Waals surface area contributed by atoms with Crippen molar-refractivity contribution in [3.05, 3.63) is 29.8 Å². The monoisotopic (exact) mass is 320 g/mol. The van der Waals surface area contributed by atoms with Crippen molar-refractivity contribution in [1.82, 2.24) is 4.90 Å². The summed E-state index contributed by atoms with van der Waals surface area (Å²) in [5.41, 5.74) is 6.19. The van der Waals surface area contributed by atoms with E-state index in [0.717, 1.165) is 5.56 Å². The third-order valence-electron chi connectivity index (χ3n) is 2.90. The molecule has 0 aliphatic heterocycles. The summed E-state index contributed by atoms with van der Waals surface area (Å²) in [6, 6.07) is 6.61. The lowest BCUT2D eigenvalue weighted by molar-refractivity contribution is -0.150. The van der Waals surface area contributed by atoms with Crippen LogP contribution in [0.5, 0.6) is 5.75 Å². The van der Waals surface area contributed by atoms with Crippen LogP contribution < -0.4 is 10.5 Å². The van der Waals surface area contributed by atoms with E-state index < -0.39 is 12.7 Å². The van der Waals surface area contributed by atoms with Crippen LogP contribution in [0.4, 0.5) is 13.2 Å². The molecule has 3 nitrogen and oxygen atoms in total. The Morgan fingerprint density at radius 1 is 1.29 bits per heavy atom. The molecule has 1 aromatic carbocycles. The zero-order valence-electron chi connectivity index (χ0n) is 12.0. The van der Waals surface area contributed by atoms with E-state index in [-0.39, 0.29) is 24.2 Å². The lowest BCUT2D eigenvalue weighted by Crippen LogP contribution is -2.41. The molecule has 2 N–H and O–H groups in total. The molecule has 0 amide bonds. The quantitative estimate of drug-likeness (QED) is 0.784. The third-order valence-corrected chi connectivity index (χ3v) is 3.13. The Hall–Kier alpha value is -1.34. The lowest BCUT2D eigenvalue weighted by Gasteiger charge is -2.27. The molecule has 0 heterocycles.